The van der Waals surface area contributed by atoms with Gasteiger partial charge in [0.2, 0.25) is 0 Å². The lowest BCUT2D eigenvalue weighted by Crippen LogP contribution is -2.22. The molecule has 0 heterocycles. The zero-order valence-electron chi connectivity index (χ0n) is 26.2. The molecule has 0 aromatic carbocycles. The first-order valence-corrected chi connectivity index (χ1v) is 14.3. The molecule has 254 valence electrons. The van der Waals surface area contributed by atoms with Crippen LogP contribution in [-0.2, 0) is 57.0 Å². The molecule has 0 saturated carbocycles. The fraction of sp³-hybridized carbons (Fsp3) is 0.793. The van der Waals surface area contributed by atoms with Gasteiger partial charge >= 0.3 is 11.9 Å². The number of hydrogen-bond acceptors (Lipinski definition) is 13. The summed E-state index contributed by atoms with van der Waals surface area (Å²) >= 11 is 0. The molecule has 0 amide bonds. The Bertz CT molecular complexity index is 662. The smallest absolute Gasteiger partial charge is 0.333 e. The summed E-state index contributed by atoms with van der Waals surface area (Å²) in [4.78, 5) is 21.0. The molecule has 2 N–H and O–H groups in total. The highest BCUT2D eigenvalue weighted by atomic mass is 16.6. The van der Waals surface area contributed by atoms with Crippen LogP contribution in [0.15, 0.2) is 24.3 Å². The quantitative estimate of drug-likeness (QED) is 0.0642. The van der Waals surface area contributed by atoms with Crippen LogP contribution in [0.1, 0.15) is 20.8 Å². The van der Waals surface area contributed by atoms with Crippen LogP contribution in [0.3, 0.4) is 0 Å². The second kappa shape index (κ2) is 34.5. The summed E-state index contributed by atoms with van der Waals surface area (Å²) in [6.07, 6.45) is -0.330. The van der Waals surface area contributed by atoms with Crippen molar-refractivity contribution in [2.24, 2.45) is 0 Å². The molecule has 0 fully saturated rings. The van der Waals surface area contributed by atoms with Gasteiger partial charge in [0.15, 0.2) is 0 Å². The summed E-state index contributed by atoms with van der Waals surface area (Å²) in [5.74, 6) is -1.35. The number of carbonyl (C=O) groups excluding carboxylic acids is 1. The Morgan fingerprint density at radius 2 is 0.791 bits per heavy atom. The molecule has 0 radical (unpaired) electrons. The van der Waals surface area contributed by atoms with Gasteiger partial charge < -0.3 is 57.6 Å². The average Bonchev–Trinajstić information content (AvgIpc) is 2.97. The van der Waals surface area contributed by atoms with E-state index in [9.17, 15) is 9.59 Å². The molecular formula is C29H54O14. The molecule has 14 nitrogen and oxygen atoms in total. The minimum absolute atomic E-state index is 0.0227. The molecule has 0 spiro atoms. The summed E-state index contributed by atoms with van der Waals surface area (Å²) in [6.45, 7) is 19.9. The third-order valence-corrected chi connectivity index (χ3v) is 4.59. The van der Waals surface area contributed by atoms with Crippen LogP contribution in [0, 0.1) is 0 Å². The molecule has 0 aromatic rings. The van der Waals surface area contributed by atoms with E-state index >= 15 is 0 Å². The number of rotatable bonds is 31. The summed E-state index contributed by atoms with van der Waals surface area (Å²) in [6, 6.07) is 0. The van der Waals surface area contributed by atoms with Gasteiger partial charge in [-0.1, -0.05) is 13.2 Å². The van der Waals surface area contributed by atoms with Crippen molar-refractivity contribution in [1.82, 2.24) is 0 Å². The normalized spacial score (nSPS) is 11.4. The van der Waals surface area contributed by atoms with Gasteiger partial charge in [0.25, 0.3) is 0 Å². The lowest BCUT2D eigenvalue weighted by atomic mass is 10.3. The van der Waals surface area contributed by atoms with Crippen molar-refractivity contribution in [3.05, 3.63) is 24.3 Å². The first-order chi connectivity index (χ1) is 20.7. The molecule has 14 heteroatoms. The van der Waals surface area contributed by atoms with E-state index in [2.05, 4.69) is 13.2 Å². The largest absolute Gasteiger partial charge is 0.478 e. The predicted molar refractivity (Wildman–Crippen MR) is 157 cm³/mol. The third-order valence-electron chi connectivity index (χ3n) is 4.59. The number of aliphatic hydroxyl groups excluding tert-OH is 1. The molecule has 0 rings (SSSR count). The van der Waals surface area contributed by atoms with Crippen LogP contribution in [-0.4, -0.2) is 154 Å². The van der Waals surface area contributed by atoms with E-state index in [-0.39, 0.29) is 18.3 Å². The van der Waals surface area contributed by atoms with E-state index in [1.165, 1.54) is 6.92 Å². The summed E-state index contributed by atoms with van der Waals surface area (Å²) in [7, 11) is 0. The fourth-order valence-corrected chi connectivity index (χ4v) is 2.39. The standard InChI is InChI=1S/C25H48O12.C4H6O2/c1-23(2)25(27)37-24(3)22-36-21-20-35-19-18-34-17-16-33-15-14-32-13-12-31-11-10-30-9-8-29-7-6-28-5-4-26;1-3(2)4(5)6/h24,26H,1,4-22H2,2-3H3;1H2,2H3,(H,5,6). The average molecular weight is 627 g/mol. The molecule has 0 aliphatic carbocycles. The van der Waals surface area contributed by atoms with Gasteiger partial charge in [-0.15, -0.1) is 0 Å². The molecule has 0 aliphatic rings. The maximum Gasteiger partial charge on any atom is 0.333 e. The van der Waals surface area contributed by atoms with E-state index in [0.29, 0.717) is 124 Å². The van der Waals surface area contributed by atoms with Crippen molar-refractivity contribution < 1.29 is 67.2 Å². The van der Waals surface area contributed by atoms with Crippen LogP contribution in [0.5, 0.6) is 0 Å². The summed E-state index contributed by atoms with van der Waals surface area (Å²) in [5, 5.41) is 16.4. The van der Waals surface area contributed by atoms with Crippen LogP contribution in [0.25, 0.3) is 0 Å². The number of aliphatic hydroxyl groups is 1. The number of carboxylic acid groups (broad SMARTS) is 1. The molecule has 0 aromatic heterocycles. The molecule has 43 heavy (non-hydrogen) atoms. The van der Waals surface area contributed by atoms with Crippen LogP contribution in [0.4, 0.5) is 0 Å². The van der Waals surface area contributed by atoms with Gasteiger partial charge in [0, 0.05) is 11.1 Å². The molecule has 0 saturated heterocycles. The highest BCUT2D eigenvalue weighted by molar-refractivity contribution is 5.87. The number of hydrogen-bond donors (Lipinski definition) is 2. The molecular weight excluding hydrogens is 572 g/mol. The van der Waals surface area contributed by atoms with Gasteiger partial charge in [0.1, 0.15) is 6.10 Å². The van der Waals surface area contributed by atoms with Crippen molar-refractivity contribution in [3.8, 4) is 0 Å². The second-order valence-electron chi connectivity index (χ2n) is 8.78. The van der Waals surface area contributed by atoms with Gasteiger partial charge in [-0.25, -0.2) is 9.59 Å². The van der Waals surface area contributed by atoms with Gasteiger partial charge in [-0.05, 0) is 20.8 Å². The minimum atomic E-state index is -0.935. The monoisotopic (exact) mass is 626 g/mol. The van der Waals surface area contributed by atoms with Gasteiger partial charge in [-0.3, -0.25) is 0 Å². The topological polar surface area (TPSA) is 167 Å². The van der Waals surface area contributed by atoms with Crippen molar-refractivity contribution in [1.29, 1.82) is 0 Å². The first kappa shape index (κ1) is 43.1. The molecule has 0 aliphatic heterocycles. The highest BCUT2D eigenvalue weighted by Crippen LogP contribution is 1.99. The predicted octanol–water partition coefficient (Wildman–Crippen LogP) is 1.28. The third kappa shape index (κ3) is 38.0. The maximum atomic E-state index is 11.4. The Hall–Kier alpha value is -1.98. The fourth-order valence-electron chi connectivity index (χ4n) is 2.39. The van der Waals surface area contributed by atoms with E-state index < -0.39 is 11.9 Å². The van der Waals surface area contributed by atoms with Crippen LogP contribution in [0.2, 0.25) is 0 Å². The molecule has 1 atom stereocenters. The number of aliphatic carboxylic acids is 1. The van der Waals surface area contributed by atoms with Gasteiger partial charge in [-0.2, -0.15) is 0 Å². The number of esters is 1. The lowest BCUT2D eigenvalue weighted by Gasteiger charge is -2.13. The zero-order chi connectivity index (χ0) is 32.4. The van der Waals surface area contributed by atoms with Crippen molar-refractivity contribution in [2.45, 2.75) is 26.9 Å². The van der Waals surface area contributed by atoms with Crippen molar-refractivity contribution in [2.75, 3.05) is 126 Å². The second-order valence-corrected chi connectivity index (χ2v) is 8.78. The molecule has 0 bridgehead atoms. The number of carbonyl (C=O) groups is 2. The van der Waals surface area contributed by atoms with E-state index in [1.54, 1.807) is 13.8 Å². The van der Waals surface area contributed by atoms with Crippen molar-refractivity contribution in [3.63, 3.8) is 0 Å². The van der Waals surface area contributed by atoms with Crippen LogP contribution >= 0.6 is 0 Å². The summed E-state index contributed by atoms with van der Waals surface area (Å²) < 4.78 is 53.4. The lowest BCUT2D eigenvalue weighted by molar-refractivity contribution is -0.146. The maximum absolute atomic E-state index is 11.4. The minimum Gasteiger partial charge on any atom is -0.478 e. The zero-order valence-corrected chi connectivity index (χ0v) is 26.2. The van der Waals surface area contributed by atoms with Crippen molar-refractivity contribution >= 4 is 11.9 Å². The highest BCUT2D eigenvalue weighted by Gasteiger charge is 2.09. The number of carboxylic acids is 1. The van der Waals surface area contributed by atoms with Gasteiger partial charge in [0.05, 0.1) is 126 Å². The number of ether oxygens (including phenoxy) is 10. The summed E-state index contributed by atoms with van der Waals surface area (Å²) in [5.41, 5.74) is 0.543. The Balaban J connectivity index is 0. The first-order valence-electron chi connectivity index (χ1n) is 14.3. The van der Waals surface area contributed by atoms with E-state index in [4.69, 9.17) is 57.6 Å². The van der Waals surface area contributed by atoms with Crippen LogP contribution < -0.4 is 0 Å². The van der Waals surface area contributed by atoms with E-state index in [1.807, 2.05) is 0 Å². The van der Waals surface area contributed by atoms with E-state index in [0.717, 1.165) is 0 Å². The Kier molecular flexibility index (Phi) is 34.6. The Morgan fingerprint density at radius 3 is 1.02 bits per heavy atom. The molecule has 1 unspecified atom stereocenters. The Morgan fingerprint density at radius 1 is 0.535 bits per heavy atom. The SMILES string of the molecule is C=C(C)C(=O)O.C=C(C)C(=O)OC(C)COCCOCCOCCOCCOCCOCCOCCOCCOCCO. The Labute approximate surface area is 256 Å².